The quantitative estimate of drug-likeness (QED) is 0.924. The summed E-state index contributed by atoms with van der Waals surface area (Å²) < 4.78 is 12.3. The highest BCUT2D eigenvalue weighted by Gasteiger charge is 2.20. The lowest BCUT2D eigenvalue weighted by molar-refractivity contribution is 0.0695. The van der Waals surface area contributed by atoms with E-state index in [1.807, 2.05) is 6.92 Å². The summed E-state index contributed by atoms with van der Waals surface area (Å²) in [7, 11) is 0. The van der Waals surface area contributed by atoms with Crippen molar-refractivity contribution in [3.8, 4) is 11.5 Å². The highest BCUT2D eigenvalue weighted by molar-refractivity contribution is 5.93. The van der Waals surface area contributed by atoms with Gasteiger partial charge in [0.2, 0.25) is 12.2 Å². The van der Waals surface area contributed by atoms with E-state index < -0.39 is 11.4 Å². The van der Waals surface area contributed by atoms with Crippen LogP contribution in [0.3, 0.4) is 0 Å². The van der Waals surface area contributed by atoms with Crippen molar-refractivity contribution in [2.75, 3.05) is 6.79 Å². The molecule has 0 unspecified atom stereocenters. The number of rotatable bonds is 3. The molecule has 1 aliphatic heterocycles. The first kappa shape index (κ1) is 12.5. The molecule has 104 valence electrons. The van der Waals surface area contributed by atoms with Crippen molar-refractivity contribution >= 4 is 16.9 Å². The maximum absolute atomic E-state index is 12.2. The van der Waals surface area contributed by atoms with Gasteiger partial charge in [-0.15, -0.1) is 0 Å². The lowest BCUT2D eigenvalue weighted by Gasteiger charge is -2.11. The van der Waals surface area contributed by atoms with E-state index in [1.54, 1.807) is 16.7 Å². The van der Waals surface area contributed by atoms with Crippen LogP contribution in [0.5, 0.6) is 11.5 Å². The Hall–Kier alpha value is -2.50. The highest BCUT2D eigenvalue weighted by atomic mass is 16.7. The number of aromatic carboxylic acids is 1. The van der Waals surface area contributed by atoms with E-state index in [2.05, 4.69) is 0 Å². The minimum Gasteiger partial charge on any atom is -0.477 e. The molecule has 1 aliphatic rings. The minimum absolute atomic E-state index is 0.111. The van der Waals surface area contributed by atoms with Gasteiger partial charge < -0.3 is 19.1 Å². The van der Waals surface area contributed by atoms with Gasteiger partial charge in [0, 0.05) is 18.8 Å². The first-order valence-corrected chi connectivity index (χ1v) is 6.32. The number of pyridine rings is 1. The summed E-state index contributed by atoms with van der Waals surface area (Å²) in [6, 6.07) is 3.28. The summed E-state index contributed by atoms with van der Waals surface area (Å²) in [5, 5.41) is 9.48. The van der Waals surface area contributed by atoms with Crippen LogP contribution < -0.4 is 14.9 Å². The van der Waals surface area contributed by atoms with Gasteiger partial charge in [0.1, 0.15) is 5.56 Å². The summed E-state index contributed by atoms with van der Waals surface area (Å²) in [6.45, 7) is 2.72. The first-order chi connectivity index (χ1) is 9.61. The molecule has 3 rings (SSSR count). The van der Waals surface area contributed by atoms with E-state index in [0.717, 1.165) is 6.42 Å². The van der Waals surface area contributed by atoms with Gasteiger partial charge in [0.05, 0.1) is 10.9 Å². The van der Waals surface area contributed by atoms with Crippen LogP contribution in [0.2, 0.25) is 0 Å². The molecule has 2 aromatic rings. The second-order valence-corrected chi connectivity index (χ2v) is 4.59. The fraction of sp³-hybridized carbons (Fsp3) is 0.286. The van der Waals surface area contributed by atoms with E-state index in [-0.39, 0.29) is 12.4 Å². The SMILES string of the molecule is CCCn1cc(C(=O)O)c(=O)c2cc3c(cc21)OCO3. The molecule has 0 aliphatic carbocycles. The maximum Gasteiger partial charge on any atom is 0.341 e. The van der Waals surface area contributed by atoms with Crippen molar-refractivity contribution in [2.24, 2.45) is 0 Å². The number of hydrogen-bond acceptors (Lipinski definition) is 4. The molecule has 20 heavy (non-hydrogen) atoms. The van der Waals surface area contributed by atoms with E-state index in [9.17, 15) is 9.59 Å². The van der Waals surface area contributed by atoms with Crippen molar-refractivity contribution < 1.29 is 19.4 Å². The molecule has 6 heteroatoms. The van der Waals surface area contributed by atoms with E-state index >= 15 is 0 Å². The third kappa shape index (κ3) is 1.80. The molecule has 0 spiro atoms. The van der Waals surface area contributed by atoms with Crippen molar-refractivity contribution in [1.29, 1.82) is 0 Å². The molecule has 0 amide bonds. The number of fused-ring (bicyclic) bond motifs is 2. The van der Waals surface area contributed by atoms with Crippen molar-refractivity contribution in [3.63, 3.8) is 0 Å². The Balaban J connectivity index is 2.38. The van der Waals surface area contributed by atoms with Gasteiger partial charge in [0.25, 0.3) is 0 Å². The zero-order valence-electron chi connectivity index (χ0n) is 10.9. The van der Waals surface area contributed by atoms with Crippen molar-refractivity contribution in [2.45, 2.75) is 19.9 Å². The number of carbonyl (C=O) groups is 1. The number of carboxylic acid groups (broad SMARTS) is 1. The average Bonchev–Trinajstić information content (AvgIpc) is 2.87. The van der Waals surface area contributed by atoms with Crippen molar-refractivity contribution in [3.05, 3.63) is 34.1 Å². The molecule has 0 saturated heterocycles. The standard InChI is InChI=1S/C14H13NO5/c1-2-3-15-6-9(14(17)18)13(16)8-4-11-12(5-10(8)15)20-7-19-11/h4-6H,2-3,7H2,1H3,(H,17,18). The topological polar surface area (TPSA) is 77.8 Å². The summed E-state index contributed by atoms with van der Waals surface area (Å²) in [4.78, 5) is 23.4. The zero-order valence-corrected chi connectivity index (χ0v) is 10.9. The van der Waals surface area contributed by atoms with Crippen LogP contribution in [0, 0.1) is 0 Å². The highest BCUT2D eigenvalue weighted by Crippen LogP contribution is 2.35. The second-order valence-electron chi connectivity index (χ2n) is 4.59. The van der Waals surface area contributed by atoms with Crippen molar-refractivity contribution in [1.82, 2.24) is 4.57 Å². The van der Waals surface area contributed by atoms with E-state index in [0.29, 0.717) is 28.9 Å². The molecule has 0 radical (unpaired) electrons. The predicted octanol–water partition coefficient (Wildman–Crippen LogP) is 1.84. The van der Waals surface area contributed by atoms with Crippen LogP contribution in [0.25, 0.3) is 10.9 Å². The van der Waals surface area contributed by atoms with Gasteiger partial charge >= 0.3 is 5.97 Å². The zero-order chi connectivity index (χ0) is 14.3. The molecule has 1 aromatic heterocycles. The van der Waals surface area contributed by atoms with Crippen LogP contribution in [0.15, 0.2) is 23.1 Å². The van der Waals surface area contributed by atoms with Gasteiger partial charge in [0.15, 0.2) is 11.5 Å². The molecule has 6 nitrogen and oxygen atoms in total. The Labute approximate surface area is 114 Å². The Morgan fingerprint density at radius 2 is 2.05 bits per heavy atom. The van der Waals surface area contributed by atoms with Gasteiger partial charge in [-0.1, -0.05) is 6.92 Å². The predicted molar refractivity (Wildman–Crippen MR) is 71.6 cm³/mol. The molecule has 0 saturated carbocycles. The number of aryl methyl sites for hydroxylation is 1. The number of aromatic nitrogens is 1. The summed E-state index contributed by atoms with van der Waals surface area (Å²) in [5.41, 5.74) is -0.0749. The molecule has 1 N–H and O–H groups in total. The van der Waals surface area contributed by atoms with Crippen LogP contribution in [-0.2, 0) is 6.54 Å². The molecular formula is C14H13NO5. The van der Waals surface area contributed by atoms with Gasteiger partial charge in [-0.2, -0.15) is 0 Å². The average molecular weight is 275 g/mol. The molecule has 1 aromatic carbocycles. The van der Waals surface area contributed by atoms with Gasteiger partial charge in [-0.3, -0.25) is 4.79 Å². The minimum atomic E-state index is -1.22. The number of nitrogens with zero attached hydrogens (tertiary/aromatic N) is 1. The first-order valence-electron chi connectivity index (χ1n) is 6.32. The number of hydrogen-bond donors (Lipinski definition) is 1. The van der Waals surface area contributed by atoms with Crippen LogP contribution >= 0.6 is 0 Å². The lowest BCUT2D eigenvalue weighted by Crippen LogP contribution is -2.18. The molecule has 0 bridgehead atoms. The lowest BCUT2D eigenvalue weighted by atomic mass is 10.1. The fourth-order valence-corrected chi connectivity index (χ4v) is 2.36. The van der Waals surface area contributed by atoms with Gasteiger partial charge in [-0.05, 0) is 12.5 Å². The van der Waals surface area contributed by atoms with E-state index in [4.69, 9.17) is 14.6 Å². The summed E-state index contributed by atoms with van der Waals surface area (Å²) in [6.07, 6.45) is 2.21. The largest absolute Gasteiger partial charge is 0.477 e. The third-order valence-electron chi connectivity index (χ3n) is 3.27. The van der Waals surface area contributed by atoms with Gasteiger partial charge in [-0.25, -0.2) is 4.79 Å². The Morgan fingerprint density at radius 1 is 1.35 bits per heavy atom. The monoisotopic (exact) mass is 275 g/mol. The fourth-order valence-electron chi connectivity index (χ4n) is 2.36. The summed E-state index contributed by atoms with van der Waals surface area (Å²) >= 11 is 0. The van der Waals surface area contributed by atoms with Crippen LogP contribution in [0.4, 0.5) is 0 Å². The molecular weight excluding hydrogens is 262 g/mol. The molecule has 0 atom stereocenters. The Morgan fingerprint density at radius 3 is 2.70 bits per heavy atom. The molecule has 0 fully saturated rings. The Kier molecular flexibility index (Phi) is 2.85. The van der Waals surface area contributed by atoms with Crippen LogP contribution in [0.1, 0.15) is 23.7 Å². The normalized spacial score (nSPS) is 12.8. The third-order valence-corrected chi connectivity index (χ3v) is 3.27. The number of benzene rings is 1. The Bertz CT molecular complexity index is 762. The number of ether oxygens (including phenoxy) is 2. The molecule has 2 heterocycles. The smallest absolute Gasteiger partial charge is 0.341 e. The summed E-state index contributed by atoms with van der Waals surface area (Å²) in [5.74, 6) is -0.176. The van der Waals surface area contributed by atoms with Crippen LogP contribution in [-0.4, -0.2) is 22.4 Å². The second kappa shape index (κ2) is 4.56. The maximum atomic E-state index is 12.2. The number of carboxylic acids is 1. The van der Waals surface area contributed by atoms with E-state index in [1.165, 1.54) is 6.20 Å².